The minimum atomic E-state index is -0.713. The summed E-state index contributed by atoms with van der Waals surface area (Å²) in [6.45, 7) is 0.752. The average Bonchev–Trinajstić information content (AvgIpc) is 2.95. The van der Waals surface area contributed by atoms with Crippen LogP contribution in [-0.4, -0.2) is 24.7 Å². The Bertz CT molecular complexity index is 404. The highest BCUT2D eigenvalue weighted by atomic mass is 79.9. The molecule has 0 heterocycles. The SMILES string of the molecule is CNCC1CC1(C(=O)O)c1ccc(Br)cc1. The molecule has 1 saturated carbocycles. The molecule has 1 fully saturated rings. The van der Waals surface area contributed by atoms with Gasteiger partial charge in [-0.2, -0.15) is 0 Å². The molecule has 0 amide bonds. The quantitative estimate of drug-likeness (QED) is 0.889. The molecule has 0 radical (unpaired) electrons. The van der Waals surface area contributed by atoms with Gasteiger partial charge >= 0.3 is 5.97 Å². The first-order chi connectivity index (χ1) is 7.61. The van der Waals surface area contributed by atoms with E-state index in [1.807, 2.05) is 31.3 Å². The van der Waals surface area contributed by atoms with E-state index in [0.29, 0.717) is 0 Å². The summed E-state index contributed by atoms with van der Waals surface area (Å²) in [5, 5.41) is 12.4. The van der Waals surface area contributed by atoms with Gasteiger partial charge in [-0.25, -0.2) is 0 Å². The molecule has 4 heteroatoms. The monoisotopic (exact) mass is 283 g/mol. The molecule has 1 aromatic carbocycles. The van der Waals surface area contributed by atoms with E-state index in [4.69, 9.17) is 0 Å². The minimum Gasteiger partial charge on any atom is -0.481 e. The van der Waals surface area contributed by atoms with Crippen LogP contribution in [0, 0.1) is 5.92 Å². The van der Waals surface area contributed by atoms with Gasteiger partial charge in [-0.15, -0.1) is 0 Å². The molecule has 3 nitrogen and oxygen atoms in total. The van der Waals surface area contributed by atoms with Crippen molar-refractivity contribution >= 4 is 21.9 Å². The Kier molecular flexibility index (Phi) is 3.04. The lowest BCUT2D eigenvalue weighted by Crippen LogP contribution is -2.26. The summed E-state index contributed by atoms with van der Waals surface area (Å²) in [6.07, 6.45) is 0.727. The molecule has 0 saturated heterocycles. The second-order valence-corrected chi connectivity index (χ2v) is 5.16. The van der Waals surface area contributed by atoms with E-state index in [1.54, 1.807) is 0 Å². The molecular weight excluding hydrogens is 270 g/mol. The van der Waals surface area contributed by atoms with E-state index >= 15 is 0 Å². The first-order valence-electron chi connectivity index (χ1n) is 5.25. The van der Waals surface area contributed by atoms with Gasteiger partial charge in [-0.1, -0.05) is 28.1 Å². The van der Waals surface area contributed by atoms with E-state index < -0.39 is 11.4 Å². The Hall–Kier alpha value is -0.870. The minimum absolute atomic E-state index is 0.205. The van der Waals surface area contributed by atoms with Crippen molar-refractivity contribution in [2.45, 2.75) is 11.8 Å². The highest BCUT2D eigenvalue weighted by molar-refractivity contribution is 9.10. The molecule has 0 bridgehead atoms. The summed E-state index contributed by atoms with van der Waals surface area (Å²) in [5.41, 5.74) is 0.243. The second-order valence-electron chi connectivity index (χ2n) is 4.24. The topological polar surface area (TPSA) is 49.3 Å². The van der Waals surface area contributed by atoms with Gasteiger partial charge < -0.3 is 10.4 Å². The Morgan fingerprint density at radius 2 is 2.19 bits per heavy atom. The summed E-state index contributed by atoms with van der Waals surface area (Å²) in [6, 6.07) is 7.59. The van der Waals surface area contributed by atoms with Crippen molar-refractivity contribution in [2.75, 3.05) is 13.6 Å². The standard InChI is InChI=1S/C12H14BrNO2/c1-14-7-9-6-12(9,11(15)16)8-2-4-10(13)5-3-8/h2-5,9,14H,6-7H2,1H3,(H,15,16). The number of hydrogen-bond donors (Lipinski definition) is 2. The first kappa shape index (κ1) is 11.6. The van der Waals surface area contributed by atoms with E-state index in [9.17, 15) is 9.90 Å². The Morgan fingerprint density at radius 1 is 1.56 bits per heavy atom. The predicted octanol–water partition coefficient (Wildman–Crippen LogP) is 2.01. The van der Waals surface area contributed by atoms with Crippen LogP contribution in [0.15, 0.2) is 28.7 Å². The van der Waals surface area contributed by atoms with E-state index in [0.717, 1.165) is 23.0 Å². The largest absolute Gasteiger partial charge is 0.481 e. The lowest BCUT2D eigenvalue weighted by atomic mass is 9.93. The molecule has 0 spiro atoms. The number of hydrogen-bond acceptors (Lipinski definition) is 2. The van der Waals surface area contributed by atoms with E-state index in [1.165, 1.54) is 0 Å². The lowest BCUT2D eigenvalue weighted by molar-refractivity contribution is -0.140. The highest BCUT2D eigenvalue weighted by Gasteiger charge is 2.60. The van der Waals surface area contributed by atoms with Crippen LogP contribution in [0.1, 0.15) is 12.0 Å². The van der Waals surface area contributed by atoms with E-state index in [2.05, 4.69) is 21.2 Å². The van der Waals surface area contributed by atoms with Gasteiger partial charge in [0.2, 0.25) is 0 Å². The van der Waals surface area contributed by atoms with Crippen molar-refractivity contribution in [1.82, 2.24) is 5.32 Å². The number of rotatable bonds is 4. The fourth-order valence-corrected chi connectivity index (χ4v) is 2.57. The predicted molar refractivity (Wildman–Crippen MR) is 65.5 cm³/mol. The zero-order chi connectivity index (χ0) is 11.8. The van der Waals surface area contributed by atoms with Crippen LogP contribution >= 0.6 is 15.9 Å². The third-order valence-electron chi connectivity index (χ3n) is 3.30. The van der Waals surface area contributed by atoms with Crippen molar-refractivity contribution in [1.29, 1.82) is 0 Å². The number of halogens is 1. The molecule has 1 aliphatic rings. The fraction of sp³-hybridized carbons (Fsp3) is 0.417. The third kappa shape index (κ3) is 1.76. The molecule has 86 valence electrons. The van der Waals surface area contributed by atoms with Crippen molar-refractivity contribution in [2.24, 2.45) is 5.92 Å². The normalized spacial score (nSPS) is 27.8. The molecule has 0 aromatic heterocycles. The van der Waals surface area contributed by atoms with Crippen molar-refractivity contribution < 1.29 is 9.90 Å². The molecule has 2 N–H and O–H groups in total. The molecule has 0 aliphatic heterocycles. The molecule has 2 unspecified atom stereocenters. The maximum Gasteiger partial charge on any atom is 0.314 e. The smallest absolute Gasteiger partial charge is 0.314 e. The highest BCUT2D eigenvalue weighted by Crippen LogP contribution is 2.54. The molecule has 16 heavy (non-hydrogen) atoms. The summed E-state index contributed by atoms with van der Waals surface area (Å²) in [4.78, 5) is 11.4. The summed E-state index contributed by atoms with van der Waals surface area (Å²) in [7, 11) is 1.85. The molecule has 1 aromatic rings. The van der Waals surface area contributed by atoms with Crippen LogP contribution < -0.4 is 5.32 Å². The number of carboxylic acids is 1. The Labute approximate surface area is 103 Å². The lowest BCUT2D eigenvalue weighted by Gasteiger charge is -2.13. The summed E-state index contributed by atoms with van der Waals surface area (Å²) >= 11 is 3.36. The number of carboxylic acid groups (broad SMARTS) is 1. The molecule has 1 aliphatic carbocycles. The second kappa shape index (κ2) is 4.18. The van der Waals surface area contributed by atoms with Gasteiger partial charge in [0, 0.05) is 4.47 Å². The van der Waals surface area contributed by atoms with Crippen LogP contribution in [-0.2, 0) is 10.2 Å². The molecule has 2 rings (SSSR count). The van der Waals surface area contributed by atoms with Crippen LogP contribution in [0.25, 0.3) is 0 Å². The van der Waals surface area contributed by atoms with Gasteiger partial charge in [-0.05, 0) is 43.6 Å². The van der Waals surface area contributed by atoms with E-state index in [-0.39, 0.29) is 5.92 Å². The third-order valence-corrected chi connectivity index (χ3v) is 3.83. The van der Waals surface area contributed by atoms with Gasteiger partial charge in [-0.3, -0.25) is 4.79 Å². The first-order valence-corrected chi connectivity index (χ1v) is 6.04. The van der Waals surface area contributed by atoms with Crippen LogP contribution in [0.4, 0.5) is 0 Å². The van der Waals surface area contributed by atoms with Crippen LogP contribution in [0.2, 0.25) is 0 Å². The van der Waals surface area contributed by atoms with Crippen molar-refractivity contribution in [3.8, 4) is 0 Å². The zero-order valence-electron chi connectivity index (χ0n) is 9.03. The van der Waals surface area contributed by atoms with Gasteiger partial charge in [0.1, 0.15) is 0 Å². The number of benzene rings is 1. The van der Waals surface area contributed by atoms with Crippen LogP contribution in [0.3, 0.4) is 0 Å². The number of carbonyl (C=O) groups is 1. The Morgan fingerprint density at radius 3 is 2.69 bits per heavy atom. The van der Waals surface area contributed by atoms with Crippen molar-refractivity contribution in [3.63, 3.8) is 0 Å². The average molecular weight is 284 g/mol. The summed E-state index contributed by atoms with van der Waals surface area (Å²) in [5.74, 6) is -0.508. The number of nitrogens with one attached hydrogen (secondary N) is 1. The van der Waals surface area contributed by atoms with Crippen molar-refractivity contribution in [3.05, 3.63) is 34.3 Å². The maximum atomic E-state index is 11.4. The zero-order valence-corrected chi connectivity index (χ0v) is 10.6. The molecule has 2 atom stereocenters. The van der Waals surface area contributed by atoms with Gasteiger partial charge in [0.15, 0.2) is 0 Å². The van der Waals surface area contributed by atoms with Gasteiger partial charge in [0.05, 0.1) is 5.41 Å². The fourth-order valence-electron chi connectivity index (χ4n) is 2.31. The maximum absolute atomic E-state index is 11.4. The summed E-state index contributed by atoms with van der Waals surface area (Å²) < 4.78 is 0.975. The van der Waals surface area contributed by atoms with Crippen LogP contribution in [0.5, 0.6) is 0 Å². The Balaban J connectivity index is 2.29. The number of aliphatic carboxylic acids is 1. The van der Waals surface area contributed by atoms with Gasteiger partial charge in [0.25, 0.3) is 0 Å². The molecular formula is C12H14BrNO2.